The van der Waals surface area contributed by atoms with E-state index >= 15 is 0 Å². The minimum atomic E-state index is -0.364. The molecule has 1 amide bonds. The van der Waals surface area contributed by atoms with Crippen LogP contribution in [0.5, 0.6) is 5.75 Å². The number of methoxy groups -OCH3 is 1. The second-order valence-corrected chi connectivity index (χ2v) is 7.01. The van der Waals surface area contributed by atoms with Crippen LogP contribution in [0, 0.1) is 0 Å². The van der Waals surface area contributed by atoms with Crippen LogP contribution in [-0.4, -0.2) is 25.3 Å². The normalized spacial score (nSPS) is 18.8. The van der Waals surface area contributed by atoms with E-state index in [1.54, 1.807) is 7.11 Å². The number of anilines is 1. The molecule has 2 N–H and O–H groups in total. The molecular formula is C19H21BrN2O3. The predicted molar refractivity (Wildman–Crippen MR) is 101 cm³/mol. The van der Waals surface area contributed by atoms with Gasteiger partial charge in [0.1, 0.15) is 12.4 Å². The molecule has 0 aromatic heterocycles. The molecule has 0 aliphatic heterocycles. The van der Waals surface area contributed by atoms with E-state index in [0.717, 1.165) is 34.3 Å². The van der Waals surface area contributed by atoms with Crippen molar-refractivity contribution in [1.82, 2.24) is 5.32 Å². The number of rotatable bonds is 6. The third kappa shape index (κ3) is 5.13. The Morgan fingerprint density at radius 2 is 1.92 bits per heavy atom. The summed E-state index contributed by atoms with van der Waals surface area (Å²) in [5, 5.41) is 6.35. The van der Waals surface area contributed by atoms with Gasteiger partial charge in [0, 0.05) is 28.3 Å². The molecule has 5 nitrogen and oxygen atoms in total. The van der Waals surface area contributed by atoms with Crippen LogP contribution in [0.2, 0.25) is 0 Å². The number of hydrogen-bond acceptors (Lipinski definition) is 4. The van der Waals surface area contributed by atoms with E-state index < -0.39 is 0 Å². The van der Waals surface area contributed by atoms with Crippen LogP contribution in [0.4, 0.5) is 10.5 Å². The smallest absolute Gasteiger partial charge is 0.407 e. The summed E-state index contributed by atoms with van der Waals surface area (Å²) >= 11 is 3.47. The molecule has 0 unspecified atom stereocenters. The van der Waals surface area contributed by atoms with Crippen molar-refractivity contribution in [3.05, 3.63) is 58.6 Å². The van der Waals surface area contributed by atoms with Gasteiger partial charge in [-0.3, -0.25) is 0 Å². The van der Waals surface area contributed by atoms with Gasteiger partial charge in [0.05, 0.1) is 7.11 Å². The van der Waals surface area contributed by atoms with Gasteiger partial charge in [-0.1, -0.05) is 46.3 Å². The van der Waals surface area contributed by atoms with E-state index in [0.29, 0.717) is 12.6 Å². The zero-order valence-electron chi connectivity index (χ0n) is 14.0. The maximum atomic E-state index is 11.8. The van der Waals surface area contributed by atoms with E-state index in [2.05, 4.69) is 26.6 Å². The Kier molecular flexibility index (Phi) is 5.81. The lowest BCUT2D eigenvalue weighted by Gasteiger charge is -2.36. The van der Waals surface area contributed by atoms with Crippen LogP contribution in [0.3, 0.4) is 0 Å². The summed E-state index contributed by atoms with van der Waals surface area (Å²) in [6, 6.07) is 16.0. The van der Waals surface area contributed by atoms with E-state index in [4.69, 9.17) is 9.47 Å². The fourth-order valence-corrected chi connectivity index (χ4v) is 3.26. The molecule has 0 radical (unpaired) electrons. The Hall–Kier alpha value is -2.21. The molecule has 0 atom stereocenters. The molecule has 0 saturated heterocycles. The maximum absolute atomic E-state index is 11.8. The van der Waals surface area contributed by atoms with E-state index in [1.807, 2.05) is 48.5 Å². The first-order valence-electron chi connectivity index (χ1n) is 8.20. The van der Waals surface area contributed by atoms with Crippen molar-refractivity contribution in [3.63, 3.8) is 0 Å². The zero-order valence-corrected chi connectivity index (χ0v) is 15.6. The van der Waals surface area contributed by atoms with Gasteiger partial charge in [0.15, 0.2) is 0 Å². The van der Waals surface area contributed by atoms with Crippen molar-refractivity contribution in [2.24, 2.45) is 0 Å². The number of carbonyl (C=O) groups is 1. The number of amides is 1. The molecule has 1 fully saturated rings. The van der Waals surface area contributed by atoms with Crippen LogP contribution >= 0.6 is 15.9 Å². The lowest BCUT2D eigenvalue weighted by molar-refractivity contribution is 0.129. The van der Waals surface area contributed by atoms with Gasteiger partial charge in [-0.2, -0.15) is 0 Å². The second-order valence-electron chi connectivity index (χ2n) is 6.10. The number of hydrogen-bond donors (Lipinski definition) is 2. The maximum Gasteiger partial charge on any atom is 0.407 e. The molecule has 3 rings (SSSR count). The van der Waals surface area contributed by atoms with Crippen molar-refractivity contribution in [2.45, 2.75) is 31.5 Å². The first-order valence-corrected chi connectivity index (χ1v) is 9.00. The molecule has 2 aromatic carbocycles. The lowest BCUT2D eigenvalue weighted by Crippen LogP contribution is -2.49. The van der Waals surface area contributed by atoms with Gasteiger partial charge in [-0.15, -0.1) is 0 Å². The van der Waals surface area contributed by atoms with Gasteiger partial charge in [-0.25, -0.2) is 4.79 Å². The summed E-state index contributed by atoms with van der Waals surface area (Å²) in [6.07, 6.45) is 1.38. The van der Waals surface area contributed by atoms with Crippen molar-refractivity contribution >= 4 is 27.7 Å². The van der Waals surface area contributed by atoms with Crippen LogP contribution in [0.25, 0.3) is 0 Å². The first-order chi connectivity index (χ1) is 12.1. The van der Waals surface area contributed by atoms with Crippen molar-refractivity contribution in [2.75, 3.05) is 12.4 Å². The molecule has 1 aliphatic rings. The Morgan fingerprint density at radius 1 is 1.16 bits per heavy atom. The minimum Gasteiger partial charge on any atom is -0.497 e. The highest BCUT2D eigenvalue weighted by molar-refractivity contribution is 9.10. The highest BCUT2D eigenvalue weighted by atomic mass is 79.9. The molecule has 0 heterocycles. The molecular weight excluding hydrogens is 384 g/mol. The molecule has 0 bridgehead atoms. The first kappa shape index (κ1) is 17.6. The summed E-state index contributed by atoms with van der Waals surface area (Å²) in [6.45, 7) is 0.291. The van der Waals surface area contributed by atoms with Crippen molar-refractivity contribution in [1.29, 1.82) is 0 Å². The molecule has 132 valence electrons. The fourth-order valence-electron chi connectivity index (χ4n) is 2.78. The lowest BCUT2D eigenvalue weighted by atomic mass is 9.86. The molecule has 25 heavy (non-hydrogen) atoms. The fraction of sp³-hybridized carbons (Fsp3) is 0.316. The van der Waals surface area contributed by atoms with E-state index in [-0.39, 0.29) is 12.1 Å². The molecule has 1 saturated carbocycles. The molecule has 2 aromatic rings. The zero-order chi connectivity index (χ0) is 17.6. The average molecular weight is 405 g/mol. The van der Waals surface area contributed by atoms with Crippen LogP contribution in [-0.2, 0) is 11.3 Å². The number of benzene rings is 2. The monoisotopic (exact) mass is 404 g/mol. The van der Waals surface area contributed by atoms with E-state index in [1.165, 1.54) is 0 Å². The number of nitrogens with one attached hydrogen (secondary N) is 2. The Labute approximate surface area is 155 Å². The van der Waals surface area contributed by atoms with Crippen molar-refractivity contribution < 1.29 is 14.3 Å². The third-order valence-electron chi connectivity index (χ3n) is 4.15. The standard InChI is InChI=1S/C19H21BrN2O3/c1-24-18-8-14(20)7-15(11-18)21-16-9-17(10-16)22-19(23)25-12-13-5-3-2-4-6-13/h2-8,11,16-17,21H,9-10,12H2,1H3,(H,22,23). The number of carbonyl (C=O) groups excluding carboxylic acids is 1. The Bertz CT molecular complexity index is 718. The number of halogens is 1. The average Bonchev–Trinajstić information content (AvgIpc) is 2.58. The number of alkyl carbamates (subject to hydrolysis) is 1. The SMILES string of the molecule is COc1cc(Br)cc(NC2CC(NC(=O)OCc3ccccc3)C2)c1. The van der Waals surface area contributed by atoms with Gasteiger partial charge in [0.25, 0.3) is 0 Å². The van der Waals surface area contributed by atoms with Crippen LogP contribution in [0.15, 0.2) is 53.0 Å². The van der Waals surface area contributed by atoms with Gasteiger partial charge in [0.2, 0.25) is 0 Å². The summed E-state index contributed by atoms with van der Waals surface area (Å²) in [7, 11) is 1.65. The summed E-state index contributed by atoms with van der Waals surface area (Å²) in [4.78, 5) is 11.8. The second kappa shape index (κ2) is 8.25. The molecule has 0 spiro atoms. The van der Waals surface area contributed by atoms with Crippen LogP contribution < -0.4 is 15.4 Å². The Morgan fingerprint density at radius 3 is 2.64 bits per heavy atom. The highest BCUT2D eigenvalue weighted by Crippen LogP contribution is 2.29. The highest BCUT2D eigenvalue weighted by Gasteiger charge is 2.30. The molecule has 6 heteroatoms. The van der Waals surface area contributed by atoms with Crippen molar-refractivity contribution in [3.8, 4) is 5.75 Å². The van der Waals surface area contributed by atoms with Gasteiger partial charge >= 0.3 is 6.09 Å². The summed E-state index contributed by atoms with van der Waals surface area (Å²) in [5.41, 5.74) is 1.98. The van der Waals surface area contributed by atoms with Crippen LogP contribution in [0.1, 0.15) is 18.4 Å². The largest absolute Gasteiger partial charge is 0.497 e. The number of ether oxygens (including phenoxy) is 2. The van der Waals surface area contributed by atoms with Gasteiger partial charge in [-0.05, 0) is 30.5 Å². The quantitative estimate of drug-likeness (QED) is 0.751. The topological polar surface area (TPSA) is 59.6 Å². The summed E-state index contributed by atoms with van der Waals surface area (Å²) in [5.74, 6) is 0.801. The van der Waals surface area contributed by atoms with Gasteiger partial charge < -0.3 is 20.1 Å². The minimum absolute atomic E-state index is 0.148. The third-order valence-corrected chi connectivity index (χ3v) is 4.61. The predicted octanol–water partition coefficient (Wildman–Crippen LogP) is 4.33. The summed E-state index contributed by atoms with van der Waals surface area (Å²) < 4.78 is 11.5. The van der Waals surface area contributed by atoms with E-state index in [9.17, 15) is 4.79 Å². The molecule has 1 aliphatic carbocycles. The Balaban J connectivity index is 1.39.